The van der Waals surface area contributed by atoms with Crippen molar-refractivity contribution in [3.63, 3.8) is 0 Å². The van der Waals surface area contributed by atoms with E-state index < -0.39 is 11.9 Å². The Bertz CT molecular complexity index is 1040. The summed E-state index contributed by atoms with van der Waals surface area (Å²) in [6.45, 7) is -0.181. The number of rotatable bonds is 7. The van der Waals surface area contributed by atoms with E-state index in [9.17, 15) is 9.59 Å². The molecule has 28 heavy (non-hydrogen) atoms. The van der Waals surface area contributed by atoms with Gasteiger partial charge < -0.3 is 15.2 Å². The number of hydrogen-bond donors (Lipinski definition) is 2. The van der Waals surface area contributed by atoms with Crippen LogP contribution in [0.25, 0.3) is 5.69 Å². The molecule has 12 heteroatoms. The minimum Gasteiger partial charge on any atom is -0.494 e. The number of aromatic carboxylic acids is 1. The topological polar surface area (TPSA) is 150 Å². The average molecular weight is 384 g/mol. The number of ether oxygens (including phenoxy) is 1. The Morgan fingerprint density at radius 2 is 2.11 bits per heavy atom. The first-order chi connectivity index (χ1) is 13.5. The molecular weight excluding hydrogens is 368 g/mol. The van der Waals surface area contributed by atoms with E-state index in [0.29, 0.717) is 23.0 Å². The van der Waals surface area contributed by atoms with Crippen LogP contribution in [0.15, 0.2) is 24.4 Å². The Hall–Kier alpha value is -3.83. The molecule has 2 N–H and O–H groups in total. The van der Waals surface area contributed by atoms with E-state index in [1.807, 2.05) is 0 Å². The van der Waals surface area contributed by atoms with Gasteiger partial charge in [0.15, 0.2) is 11.5 Å². The standard InChI is InChI=1S/C16H16N8O4/c1-28-13-5-4-10(6-12(13)24-15(9-2-3-9)19-20-22-24)17-14(25)8-23-7-11(16(26)27)18-21-23/h4-7,9H,2-3,8H2,1H3,(H,17,25)(H,26,27). The number of carboxylic acids is 1. The van der Waals surface area contributed by atoms with Crippen LogP contribution in [0.5, 0.6) is 5.75 Å². The van der Waals surface area contributed by atoms with Crippen LogP contribution in [-0.2, 0) is 11.3 Å². The van der Waals surface area contributed by atoms with Gasteiger partial charge in [-0.2, -0.15) is 4.68 Å². The Kier molecular flexibility index (Phi) is 4.43. The lowest BCUT2D eigenvalue weighted by atomic mass is 10.2. The molecule has 1 aliphatic rings. The molecule has 0 unspecified atom stereocenters. The molecule has 0 radical (unpaired) electrons. The van der Waals surface area contributed by atoms with Gasteiger partial charge in [0.2, 0.25) is 5.91 Å². The summed E-state index contributed by atoms with van der Waals surface area (Å²) in [5.41, 5.74) is 0.892. The largest absolute Gasteiger partial charge is 0.494 e. The van der Waals surface area contributed by atoms with Gasteiger partial charge in [-0.3, -0.25) is 4.79 Å². The number of hydrogen-bond acceptors (Lipinski definition) is 8. The molecule has 1 aromatic carbocycles. The predicted molar refractivity (Wildman–Crippen MR) is 93.3 cm³/mol. The molecule has 0 aliphatic heterocycles. The molecule has 1 fully saturated rings. The van der Waals surface area contributed by atoms with Gasteiger partial charge in [0.05, 0.1) is 13.3 Å². The van der Waals surface area contributed by atoms with Crippen LogP contribution in [0.3, 0.4) is 0 Å². The fourth-order valence-corrected chi connectivity index (χ4v) is 2.72. The number of carbonyl (C=O) groups is 2. The number of carbonyl (C=O) groups excluding carboxylic acids is 1. The zero-order valence-corrected chi connectivity index (χ0v) is 14.8. The van der Waals surface area contributed by atoms with Crippen LogP contribution in [0.2, 0.25) is 0 Å². The third kappa shape index (κ3) is 3.51. The van der Waals surface area contributed by atoms with Gasteiger partial charge in [-0.05, 0) is 41.5 Å². The highest BCUT2D eigenvalue weighted by atomic mass is 16.5. The van der Waals surface area contributed by atoms with Crippen LogP contribution < -0.4 is 10.1 Å². The summed E-state index contributed by atoms with van der Waals surface area (Å²) in [6.07, 6.45) is 3.26. The fourth-order valence-electron chi connectivity index (χ4n) is 2.72. The summed E-state index contributed by atoms with van der Waals surface area (Å²) in [5.74, 6) is 0.0466. The van der Waals surface area contributed by atoms with Gasteiger partial charge in [-0.1, -0.05) is 5.21 Å². The molecule has 4 rings (SSSR count). The van der Waals surface area contributed by atoms with Gasteiger partial charge >= 0.3 is 5.97 Å². The highest BCUT2D eigenvalue weighted by Crippen LogP contribution is 2.40. The lowest BCUT2D eigenvalue weighted by Crippen LogP contribution is -2.19. The van der Waals surface area contributed by atoms with E-state index in [4.69, 9.17) is 9.84 Å². The summed E-state index contributed by atoms with van der Waals surface area (Å²) in [7, 11) is 1.54. The van der Waals surface area contributed by atoms with Crippen molar-refractivity contribution in [3.05, 3.63) is 35.9 Å². The number of amides is 1. The monoisotopic (exact) mass is 384 g/mol. The Balaban J connectivity index is 1.54. The van der Waals surface area contributed by atoms with Crippen molar-refractivity contribution in [1.82, 2.24) is 35.2 Å². The number of nitrogens with zero attached hydrogens (tertiary/aromatic N) is 7. The number of nitrogens with one attached hydrogen (secondary N) is 1. The molecule has 0 spiro atoms. The Labute approximate surface area is 158 Å². The quantitative estimate of drug-likeness (QED) is 0.592. The maximum atomic E-state index is 12.3. The second-order valence-electron chi connectivity index (χ2n) is 6.26. The lowest BCUT2D eigenvalue weighted by molar-refractivity contribution is -0.116. The van der Waals surface area contributed by atoms with E-state index in [2.05, 4.69) is 31.2 Å². The maximum absolute atomic E-state index is 12.3. The zero-order valence-electron chi connectivity index (χ0n) is 14.8. The second-order valence-corrected chi connectivity index (χ2v) is 6.26. The molecule has 1 aliphatic carbocycles. The first kappa shape index (κ1) is 17.6. The van der Waals surface area contributed by atoms with Gasteiger partial charge in [-0.15, -0.1) is 10.2 Å². The van der Waals surface area contributed by atoms with Crippen molar-refractivity contribution < 1.29 is 19.4 Å². The SMILES string of the molecule is COc1ccc(NC(=O)Cn2cc(C(=O)O)nn2)cc1-n1nnnc1C1CC1. The Morgan fingerprint density at radius 3 is 2.79 bits per heavy atom. The normalized spacial score (nSPS) is 13.3. The lowest BCUT2D eigenvalue weighted by Gasteiger charge is -2.12. The molecule has 0 saturated heterocycles. The van der Waals surface area contributed by atoms with Gasteiger partial charge in [0.25, 0.3) is 0 Å². The number of carboxylic acid groups (broad SMARTS) is 1. The van der Waals surface area contributed by atoms with Crippen molar-refractivity contribution in [1.29, 1.82) is 0 Å². The van der Waals surface area contributed by atoms with Crippen LogP contribution in [0.4, 0.5) is 5.69 Å². The van der Waals surface area contributed by atoms with Crippen LogP contribution >= 0.6 is 0 Å². The smallest absolute Gasteiger partial charge is 0.358 e. The molecule has 0 atom stereocenters. The van der Waals surface area contributed by atoms with Crippen molar-refractivity contribution in [2.75, 3.05) is 12.4 Å². The van der Waals surface area contributed by atoms with E-state index in [0.717, 1.165) is 23.3 Å². The van der Waals surface area contributed by atoms with Crippen LogP contribution in [0.1, 0.15) is 35.1 Å². The first-order valence-corrected chi connectivity index (χ1v) is 8.45. The summed E-state index contributed by atoms with van der Waals surface area (Å²) >= 11 is 0. The van der Waals surface area contributed by atoms with E-state index in [1.165, 1.54) is 6.20 Å². The third-order valence-electron chi connectivity index (χ3n) is 4.19. The number of benzene rings is 1. The molecule has 1 saturated carbocycles. The van der Waals surface area contributed by atoms with E-state index >= 15 is 0 Å². The van der Waals surface area contributed by atoms with Crippen LogP contribution in [-0.4, -0.2) is 59.3 Å². The molecule has 2 heterocycles. The number of tetrazole rings is 1. The summed E-state index contributed by atoms with van der Waals surface area (Å²) in [5, 5.41) is 30.6. The summed E-state index contributed by atoms with van der Waals surface area (Å²) in [6, 6.07) is 5.11. The maximum Gasteiger partial charge on any atom is 0.358 e. The van der Waals surface area contributed by atoms with Crippen LogP contribution in [0, 0.1) is 0 Å². The number of anilines is 1. The number of methoxy groups -OCH3 is 1. The second kappa shape index (κ2) is 7.06. The van der Waals surface area contributed by atoms with Crippen molar-refractivity contribution in [2.45, 2.75) is 25.3 Å². The van der Waals surface area contributed by atoms with Crippen molar-refractivity contribution >= 4 is 17.6 Å². The van der Waals surface area contributed by atoms with E-state index in [1.54, 1.807) is 30.0 Å². The molecule has 1 amide bonds. The van der Waals surface area contributed by atoms with Crippen molar-refractivity contribution in [3.8, 4) is 11.4 Å². The molecule has 12 nitrogen and oxygen atoms in total. The highest BCUT2D eigenvalue weighted by molar-refractivity contribution is 5.91. The minimum absolute atomic E-state index is 0.181. The molecule has 144 valence electrons. The molecule has 0 bridgehead atoms. The average Bonchev–Trinajstić information content (AvgIpc) is 3.21. The van der Waals surface area contributed by atoms with Gasteiger partial charge in [0, 0.05) is 11.6 Å². The summed E-state index contributed by atoms with van der Waals surface area (Å²) in [4.78, 5) is 23.1. The van der Waals surface area contributed by atoms with Crippen molar-refractivity contribution in [2.24, 2.45) is 0 Å². The molecule has 2 aromatic heterocycles. The first-order valence-electron chi connectivity index (χ1n) is 8.45. The Morgan fingerprint density at radius 1 is 1.29 bits per heavy atom. The summed E-state index contributed by atoms with van der Waals surface area (Å²) < 4.78 is 8.16. The van der Waals surface area contributed by atoms with E-state index in [-0.39, 0.29) is 12.2 Å². The fraction of sp³-hybridized carbons (Fsp3) is 0.312. The van der Waals surface area contributed by atoms with Gasteiger partial charge in [0.1, 0.15) is 18.0 Å². The highest BCUT2D eigenvalue weighted by Gasteiger charge is 2.30. The molecular formula is C16H16N8O4. The minimum atomic E-state index is -1.21. The molecule has 3 aromatic rings. The third-order valence-corrected chi connectivity index (χ3v) is 4.19. The zero-order chi connectivity index (χ0) is 19.7. The predicted octanol–water partition coefficient (Wildman–Crippen LogP) is 0.477. The van der Waals surface area contributed by atoms with Gasteiger partial charge in [-0.25, -0.2) is 9.48 Å². The number of aromatic nitrogens is 7.